The maximum atomic E-state index is 12.5. The summed E-state index contributed by atoms with van der Waals surface area (Å²) >= 11 is 3.04. The number of pyridine rings is 1. The highest BCUT2D eigenvalue weighted by molar-refractivity contribution is 9.10. The van der Waals surface area contributed by atoms with Crippen LogP contribution in [-0.4, -0.2) is 23.9 Å². The summed E-state index contributed by atoms with van der Waals surface area (Å²) in [6, 6.07) is 1.41. The Bertz CT molecular complexity index is 332. The van der Waals surface area contributed by atoms with Gasteiger partial charge in [0.2, 0.25) is 0 Å². The van der Waals surface area contributed by atoms with Gasteiger partial charge >= 0.3 is 12.3 Å². The van der Waals surface area contributed by atoms with Crippen LogP contribution in [0, 0.1) is 0 Å². The molecular weight excluding hydrogens is 280 g/mol. The molecule has 0 bridgehead atoms. The summed E-state index contributed by atoms with van der Waals surface area (Å²) in [5, 5.41) is 2.22. The summed E-state index contributed by atoms with van der Waals surface area (Å²) in [7, 11) is 0. The molecule has 0 saturated carbocycles. The Hall–Kier alpha value is -0.850. The van der Waals surface area contributed by atoms with Crippen molar-refractivity contribution >= 4 is 21.6 Å². The normalized spacial score (nSPS) is 11.9. The molecule has 0 aliphatic rings. The molecule has 0 unspecified atom stereocenters. The molecule has 7 heteroatoms. The number of rotatable bonds is 4. The van der Waals surface area contributed by atoms with Crippen LogP contribution in [-0.2, 0) is 0 Å². The summed E-state index contributed by atoms with van der Waals surface area (Å²) in [5.41, 5.74) is 0.297. The van der Waals surface area contributed by atoms with Crippen molar-refractivity contribution < 1.29 is 17.6 Å². The molecule has 84 valence electrons. The smallest absolute Gasteiger partial charge is 0.324 e. The number of nitrogens with one attached hydrogen (secondary N) is 1. The number of halogens is 5. The van der Waals surface area contributed by atoms with E-state index in [9.17, 15) is 17.6 Å². The predicted molar refractivity (Wildman–Crippen MR) is 51.4 cm³/mol. The third kappa shape index (κ3) is 3.33. The zero-order valence-corrected chi connectivity index (χ0v) is 8.94. The summed E-state index contributed by atoms with van der Waals surface area (Å²) < 4.78 is 49.1. The first kappa shape index (κ1) is 12.2. The molecule has 0 aliphatic carbocycles. The highest BCUT2D eigenvalue weighted by Crippen LogP contribution is 2.25. The topological polar surface area (TPSA) is 24.9 Å². The molecule has 0 aliphatic heterocycles. The predicted octanol–water partition coefficient (Wildman–Crippen LogP) is 3.16. The monoisotopic (exact) mass is 286 g/mol. The number of anilines is 1. The van der Waals surface area contributed by atoms with Crippen molar-refractivity contribution in [2.24, 2.45) is 0 Å². The van der Waals surface area contributed by atoms with Crippen LogP contribution in [0.2, 0.25) is 0 Å². The minimum absolute atomic E-state index is 0.297. The Morgan fingerprint density at radius 1 is 1.47 bits per heavy atom. The molecule has 2 nitrogen and oxygen atoms in total. The van der Waals surface area contributed by atoms with Gasteiger partial charge in [-0.15, -0.1) is 0 Å². The Kier molecular flexibility index (Phi) is 3.90. The highest BCUT2D eigenvalue weighted by atomic mass is 79.9. The van der Waals surface area contributed by atoms with Crippen molar-refractivity contribution in [1.29, 1.82) is 0 Å². The molecule has 0 fully saturated rings. The number of hydrogen-bond donors (Lipinski definition) is 1. The van der Waals surface area contributed by atoms with Crippen LogP contribution in [0.5, 0.6) is 0 Å². The minimum Gasteiger partial charge on any atom is -0.378 e. The Morgan fingerprint density at radius 2 is 2.13 bits per heavy atom. The third-order valence-electron chi connectivity index (χ3n) is 1.61. The van der Waals surface area contributed by atoms with Crippen LogP contribution >= 0.6 is 15.9 Å². The average molecular weight is 287 g/mol. The van der Waals surface area contributed by atoms with Gasteiger partial charge in [0.25, 0.3) is 0 Å². The van der Waals surface area contributed by atoms with Crippen LogP contribution in [0.15, 0.2) is 22.9 Å². The first-order valence-electron chi connectivity index (χ1n) is 3.93. The molecule has 15 heavy (non-hydrogen) atoms. The standard InChI is InChI=1S/C8H7BrF4N2/c9-5-3-14-2-1-6(5)15-4-8(12,13)7(10)11/h1-3,7H,4H2,(H,14,15). The highest BCUT2D eigenvalue weighted by Gasteiger charge is 2.40. The van der Waals surface area contributed by atoms with Crippen LogP contribution in [0.1, 0.15) is 0 Å². The van der Waals surface area contributed by atoms with E-state index in [-0.39, 0.29) is 0 Å². The maximum Gasteiger partial charge on any atom is 0.324 e. The van der Waals surface area contributed by atoms with Crippen molar-refractivity contribution in [2.45, 2.75) is 12.3 Å². The van der Waals surface area contributed by atoms with Gasteiger partial charge in [0.15, 0.2) is 0 Å². The fraction of sp³-hybridized carbons (Fsp3) is 0.375. The van der Waals surface area contributed by atoms with Crippen molar-refractivity contribution in [3.8, 4) is 0 Å². The second-order valence-corrected chi connectivity index (χ2v) is 3.63. The van der Waals surface area contributed by atoms with Gasteiger partial charge in [-0.25, -0.2) is 8.78 Å². The molecule has 0 radical (unpaired) electrons. The van der Waals surface area contributed by atoms with E-state index >= 15 is 0 Å². The van der Waals surface area contributed by atoms with E-state index in [0.717, 1.165) is 0 Å². The molecule has 0 atom stereocenters. The van der Waals surface area contributed by atoms with E-state index in [1.807, 2.05) is 0 Å². The molecule has 0 saturated heterocycles. The van der Waals surface area contributed by atoms with Crippen molar-refractivity contribution in [3.63, 3.8) is 0 Å². The molecular formula is C8H7BrF4N2. The quantitative estimate of drug-likeness (QED) is 0.860. The number of alkyl halides is 4. The van der Waals surface area contributed by atoms with Gasteiger partial charge < -0.3 is 5.32 Å². The Balaban J connectivity index is 2.62. The fourth-order valence-electron chi connectivity index (χ4n) is 0.809. The summed E-state index contributed by atoms with van der Waals surface area (Å²) in [6.45, 7) is -1.12. The van der Waals surface area contributed by atoms with Gasteiger partial charge in [-0.3, -0.25) is 4.98 Å². The largest absolute Gasteiger partial charge is 0.378 e. The van der Waals surface area contributed by atoms with Gasteiger partial charge in [-0.05, 0) is 22.0 Å². The third-order valence-corrected chi connectivity index (χ3v) is 2.24. The number of aromatic nitrogens is 1. The van der Waals surface area contributed by atoms with Gasteiger partial charge in [0, 0.05) is 12.4 Å². The first-order chi connectivity index (χ1) is 6.93. The number of nitrogens with zero attached hydrogens (tertiary/aromatic N) is 1. The molecule has 1 heterocycles. The van der Waals surface area contributed by atoms with Gasteiger partial charge in [-0.2, -0.15) is 8.78 Å². The number of hydrogen-bond acceptors (Lipinski definition) is 2. The van der Waals surface area contributed by atoms with Gasteiger partial charge in [0.05, 0.1) is 16.7 Å². The van der Waals surface area contributed by atoms with Crippen molar-refractivity contribution in [3.05, 3.63) is 22.9 Å². The second-order valence-electron chi connectivity index (χ2n) is 2.77. The van der Waals surface area contributed by atoms with E-state index in [0.29, 0.717) is 10.2 Å². The lowest BCUT2D eigenvalue weighted by Gasteiger charge is -2.16. The zero-order valence-electron chi connectivity index (χ0n) is 7.35. The Labute approximate surface area is 91.8 Å². The minimum atomic E-state index is -4.04. The molecule has 1 aromatic heterocycles. The molecule has 0 spiro atoms. The average Bonchev–Trinajstić information content (AvgIpc) is 2.16. The SMILES string of the molecule is FC(F)C(F)(F)CNc1ccncc1Br. The van der Waals surface area contributed by atoms with Crippen LogP contribution in [0.3, 0.4) is 0 Å². The second kappa shape index (κ2) is 4.78. The summed E-state index contributed by atoms with van der Waals surface area (Å²) in [5.74, 6) is -4.04. The van der Waals surface area contributed by atoms with E-state index in [2.05, 4.69) is 26.2 Å². The van der Waals surface area contributed by atoms with Crippen LogP contribution in [0.25, 0.3) is 0 Å². The molecule has 0 amide bonds. The molecule has 0 aromatic carbocycles. The van der Waals surface area contributed by atoms with E-state index < -0.39 is 18.9 Å². The molecule has 1 aromatic rings. The van der Waals surface area contributed by atoms with E-state index in [1.165, 1.54) is 18.5 Å². The van der Waals surface area contributed by atoms with E-state index in [4.69, 9.17) is 0 Å². The van der Waals surface area contributed by atoms with Crippen molar-refractivity contribution in [2.75, 3.05) is 11.9 Å². The lowest BCUT2D eigenvalue weighted by molar-refractivity contribution is -0.117. The van der Waals surface area contributed by atoms with Crippen LogP contribution < -0.4 is 5.32 Å². The van der Waals surface area contributed by atoms with Gasteiger partial charge in [-0.1, -0.05) is 0 Å². The lowest BCUT2D eigenvalue weighted by Crippen LogP contribution is -2.34. The fourth-order valence-corrected chi connectivity index (χ4v) is 1.20. The Morgan fingerprint density at radius 3 is 2.67 bits per heavy atom. The maximum absolute atomic E-state index is 12.5. The molecule has 1 rings (SSSR count). The van der Waals surface area contributed by atoms with Gasteiger partial charge in [0.1, 0.15) is 0 Å². The van der Waals surface area contributed by atoms with E-state index in [1.54, 1.807) is 0 Å². The zero-order chi connectivity index (χ0) is 11.5. The summed E-state index contributed by atoms with van der Waals surface area (Å²) in [4.78, 5) is 3.70. The summed E-state index contributed by atoms with van der Waals surface area (Å²) in [6.07, 6.45) is -0.929. The van der Waals surface area contributed by atoms with Crippen LogP contribution in [0.4, 0.5) is 23.2 Å². The first-order valence-corrected chi connectivity index (χ1v) is 4.72. The van der Waals surface area contributed by atoms with Crippen molar-refractivity contribution in [1.82, 2.24) is 4.98 Å². The molecule has 1 N–H and O–H groups in total. The lowest BCUT2D eigenvalue weighted by atomic mass is 10.3.